The Morgan fingerprint density at radius 2 is 1.35 bits per heavy atom. The van der Waals surface area contributed by atoms with Crippen molar-refractivity contribution in [2.75, 3.05) is 19.5 Å². The molecule has 0 aliphatic heterocycles. The number of nitrogens with one attached hydrogen (secondary N) is 1. The largest absolute Gasteiger partial charge is 0.497 e. The highest BCUT2D eigenvalue weighted by molar-refractivity contribution is 5.99. The molecule has 0 saturated heterocycles. The van der Waals surface area contributed by atoms with E-state index in [0.29, 0.717) is 33.9 Å². The summed E-state index contributed by atoms with van der Waals surface area (Å²) < 4.78 is 16.0. The van der Waals surface area contributed by atoms with Gasteiger partial charge < -0.3 is 19.5 Å². The Morgan fingerprint density at radius 3 is 1.95 bits per heavy atom. The van der Waals surface area contributed by atoms with Crippen molar-refractivity contribution in [3.05, 3.63) is 103 Å². The summed E-state index contributed by atoms with van der Waals surface area (Å²) in [5.74, 6) is -0.152. The quantitative estimate of drug-likeness (QED) is 0.238. The van der Waals surface area contributed by atoms with Gasteiger partial charge in [0.05, 0.1) is 47.9 Å². The molecule has 4 aromatic carbocycles. The zero-order valence-corrected chi connectivity index (χ0v) is 22.3. The zero-order chi connectivity index (χ0) is 28.1. The molecule has 5 rings (SSSR count). The Hall–Kier alpha value is -5.24. The summed E-state index contributed by atoms with van der Waals surface area (Å²) in [6.45, 7) is 1.50. The van der Waals surface area contributed by atoms with Crippen molar-refractivity contribution in [3.63, 3.8) is 0 Å². The molecule has 0 aliphatic carbocycles. The lowest BCUT2D eigenvalue weighted by molar-refractivity contribution is -0.123. The molecule has 1 atom stereocenters. The Balaban J connectivity index is 1.40. The molecular weight excluding hydrogens is 506 g/mol. The Morgan fingerprint density at radius 1 is 0.725 bits per heavy atom. The number of amides is 1. The maximum absolute atomic E-state index is 13.0. The molecule has 1 heterocycles. The van der Waals surface area contributed by atoms with Crippen molar-refractivity contribution in [2.45, 2.75) is 13.0 Å². The van der Waals surface area contributed by atoms with Crippen LogP contribution in [0.15, 0.2) is 97.1 Å². The Labute approximate surface area is 231 Å². The molecule has 8 nitrogen and oxygen atoms in total. The average Bonchev–Trinajstić information content (AvgIpc) is 3.01. The van der Waals surface area contributed by atoms with Gasteiger partial charge in [0.1, 0.15) is 11.5 Å². The van der Waals surface area contributed by atoms with Gasteiger partial charge in [0, 0.05) is 17.2 Å². The predicted molar refractivity (Wildman–Crippen MR) is 153 cm³/mol. The summed E-state index contributed by atoms with van der Waals surface area (Å²) in [7, 11) is 3.03. The first-order chi connectivity index (χ1) is 19.5. The summed E-state index contributed by atoms with van der Waals surface area (Å²) in [6, 6.07) is 29.6. The fourth-order valence-electron chi connectivity index (χ4n) is 4.19. The van der Waals surface area contributed by atoms with E-state index in [1.54, 1.807) is 36.4 Å². The molecule has 0 bridgehead atoms. The first-order valence-electron chi connectivity index (χ1n) is 12.6. The van der Waals surface area contributed by atoms with Crippen LogP contribution in [0.5, 0.6) is 11.5 Å². The minimum absolute atomic E-state index is 0.259. The number of ether oxygens (including phenoxy) is 3. The number of benzene rings is 4. The van der Waals surface area contributed by atoms with E-state index in [4.69, 9.17) is 24.2 Å². The van der Waals surface area contributed by atoms with Crippen LogP contribution in [-0.2, 0) is 9.53 Å². The normalized spacial score (nSPS) is 11.5. The van der Waals surface area contributed by atoms with Crippen LogP contribution >= 0.6 is 0 Å². The van der Waals surface area contributed by atoms with Crippen molar-refractivity contribution in [1.82, 2.24) is 9.97 Å². The number of hydrogen-bond donors (Lipinski definition) is 1. The predicted octanol–water partition coefficient (Wildman–Crippen LogP) is 6.17. The third kappa shape index (κ3) is 5.61. The lowest BCUT2D eigenvalue weighted by atomic mass is 10.0. The van der Waals surface area contributed by atoms with E-state index in [9.17, 15) is 9.59 Å². The topological polar surface area (TPSA) is 99.6 Å². The second-order valence-corrected chi connectivity index (χ2v) is 8.96. The van der Waals surface area contributed by atoms with Crippen LogP contribution in [0.2, 0.25) is 0 Å². The van der Waals surface area contributed by atoms with E-state index in [0.717, 1.165) is 16.8 Å². The highest BCUT2D eigenvalue weighted by Gasteiger charge is 2.21. The highest BCUT2D eigenvalue weighted by atomic mass is 16.5. The number of aromatic nitrogens is 2. The van der Waals surface area contributed by atoms with Gasteiger partial charge >= 0.3 is 5.97 Å². The number of hydrogen-bond acceptors (Lipinski definition) is 7. The molecule has 5 aromatic rings. The third-order valence-electron chi connectivity index (χ3n) is 6.31. The number of carbonyl (C=O) groups is 2. The van der Waals surface area contributed by atoms with E-state index in [-0.39, 0.29) is 5.56 Å². The van der Waals surface area contributed by atoms with Gasteiger partial charge in [-0.3, -0.25) is 4.79 Å². The van der Waals surface area contributed by atoms with Gasteiger partial charge in [0.25, 0.3) is 5.91 Å². The van der Waals surface area contributed by atoms with Gasteiger partial charge in [-0.2, -0.15) is 0 Å². The van der Waals surface area contributed by atoms with Gasteiger partial charge in [-0.1, -0.05) is 60.7 Å². The molecular formula is C32H27N3O5. The van der Waals surface area contributed by atoms with Crippen molar-refractivity contribution in [1.29, 1.82) is 0 Å². The summed E-state index contributed by atoms with van der Waals surface area (Å²) >= 11 is 0. The molecule has 1 unspecified atom stereocenters. The molecule has 0 spiro atoms. The molecule has 0 saturated carbocycles. The van der Waals surface area contributed by atoms with Crippen molar-refractivity contribution in [3.8, 4) is 34.0 Å². The van der Waals surface area contributed by atoms with Crippen LogP contribution in [-0.4, -0.2) is 42.2 Å². The molecule has 40 heavy (non-hydrogen) atoms. The molecule has 0 radical (unpaired) electrons. The molecule has 1 N–H and O–H groups in total. The smallest absolute Gasteiger partial charge is 0.338 e. The molecule has 0 fully saturated rings. The molecule has 1 amide bonds. The van der Waals surface area contributed by atoms with Crippen molar-refractivity contribution >= 4 is 28.6 Å². The number of esters is 1. The first-order valence-corrected chi connectivity index (χ1v) is 12.6. The number of rotatable bonds is 8. The van der Waals surface area contributed by atoms with Crippen LogP contribution in [0.4, 0.5) is 5.69 Å². The standard InChI is InChI=1S/C32H27N3O5/c1-20(31(36)35-26-17-15-24(38-2)19-28(26)39-3)40-32(37)23-14-16-25-27(18-23)34-30(22-12-8-5-9-13-22)29(33-25)21-10-6-4-7-11-21/h4-20H,1-3H3,(H,35,36). The van der Waals surface area contributed by atoms with E-state index >= 15 is 0 Å². The Bertz CT molecular complexity index is 1670. The molecule has 200 valence electrons. The maximum atomic E-state index is 13.0. The van der Waals surface area contributed by atoms with Crippen molar-refractivity contribution in [2.24, 2.45) is 0 Å². The van der Waals surface area contributed by atoms with Gasteiger partial charge in [-0.05, 0) is 37.3 Å². The second kappa shape index (κ2) is 11.7. The van der Waals surface area contributed by atoms with E-state index < -0.39 is 18.0 Å². The number of methoxy groups -OCH3 is 2. The highest BCUT2D eigenvalue weighted by Crippen LogP contribution is 2.32. The minimum atomic E-state index is -1.07. The SMILES string of the molecule is COc1ccc(NC(=O)C(C)OC(=O)c2ccc3nc(-c4ccccc4)c(-c4ccccc4)nc3c2)c(OC)c1. The average molecular weight is 534 g/mol. The lowest BCUT2D eigenvalue weighted by Crippen LogP contribution is -2.30. The fraction of sp³-hybridized carbons (Fsp3) is 0.125. The number of carbonyl (C=O) groups excluding carboxylic acids is 2. The van der Waals surface area contributed by atoms with Gasteiger partial charge in [-0.15, -0.1) is 0 Å². The molecule has 8 heteroatoms. The number of fused-ring (bicyclic) bond motifs is 1. The first kappa shape index (κ1) is 26.4. The van der Waals surface area contributed by atoms with Crippen LogP contribution < -0.4 is 14.8 Å². The molecule has 0 aliphatic rings. The van der Waals surface area contributed by atoms with E-state index in [1.165, 1.54) is 21.1 Å². The summed E-state index contributed by atoms with van der Waals surface area (Å²) in [6.07, 6.45) is -1.07. The van der Waals surface area contributed by atoms with Crippen LogP contribution in [0.25, 0.3) is 33.5 Å². The van der Waals surface area contributed by atoms with Gasteiger partial charge in [-0.25, -0.2) is 14.8 Å². The molecule has 1 aromatic heterocycles. The number of nitrogens with zero attached hydrogens (tertiary/aromatic N) is 2. The zero-order valence-electron chi connectivity index (χ0n) is 22.3. The second-order valence-electron chi connectivity index (χ2n) is 8.96. The van der Waals surface area contributed by atoms with Gasteiger partial charge in [0.2, 0.25) is 0 Å². The van der Waals surface area contributed by atoms with Crippen LogP contribution in [0.3, 0.4) is 0 Å². The van der Waals surface area contributed by atoms with Crippen LogP contribution in [0, 0.1) is 0 Å². The summed E-state index contributed by atoms with van der Waals surface area (Å²) in [5.41, 5.74) is 5.14. The summed E-state index contributed by atoms with van der Waals surface area (Å²) in [4.78, 5) is 35.6. The monoisotopic (exact) mass is 533 g/mol. The number of anilines is 1. The lowest BCUT2D eigenvalue weighted by Gasteiger charge is -2.16. The van der Waals surface area contributed by atoms with Crippen molar-refractivity contribution < 1.29 is 23.8 Å². The third-order valence-corrected chi connectivity index (χ3v) is 6.31. The Kier molecular flexibility index (Phi) is 7.68. The summed E-state index contributed by atoms with van der Waals surface area (Å²) in [5, 5.41) is 2.73. The van der Waals surface area contributed by atoms with E-state index in [1.807, 2.05) is 60.7 Å². The fourth-order valence-corrected chi connectivity index (χ4v) is 4.19. The minimum Gasteiger partial charge on any atom is -0.497 e. The van der Waals surface area contributed by atoms with Gasteiger partial charge in [0.15, 0.2) is 6.10 Å². The maximum Gasteiger partial charge on any atom is 0.338 e. The van der Waals surface area contributed by atoms with E-state index in [2.05, 4.69) is 5.32 Å². The van der Waals surface area contributed by atoms with Crippen LogP contribution in [0.1, 0.15) is 17.3 Å².